The number of thioether (sulfide) groups is 1. The van der Waals surface area contributed by atoms with Gasteiger partial charge in [0.05, 0.1) is 5.25 Å². The van der Waals surface area contributed by atoms with Gasteiger partial charge in [-0.05, 0) is 69.2 Å². The Labute approximate surface area is 167 Å². The summed E-state index contributed by atoms with van der Waals surface area (Å²) in [6.07, 6.45) is 6.34. The van der Waals surface area contributed by atoms with Crippen molar-refractivity contribution in [2.75, 3.05) is 5.32 Å². The Balaban J connectivity index is 1.57. The largest absolute Gasteiger partial charge is 0.325 e. The molecule has 0 saturated heterocycles. The first-order valence-corrected chi connectivity index (χ1v) is 11.0. The number of rotatable bonds is 4. The minimum atomic E-state index is -0.234. The van der Waals surface area contributed by atoms with Crippen LogP contribution in [0.25, 0.3) is 10.2 Å². The van der Waals surface area contributed by atoms with E-state index in [2.05, 4.69) is 21.4 Å². The summed E-state index contributed by atoms with van der Waals surface area (Å²) in [5, 5.41) is 4.95. The number of hydrogen-bond acceptors (Lipinski definition) is 5. The molecule has 0 radical (unpaired) electrons. The fourth-order valence-corrected chi connectivity index (χ4v) is 5.72. The van der Waals surface area contributed by atoms with Crippen molar-refractivity contribution in [1.29, 1.82) is 0 Å². The quantitative estimate of drug-likeness (QED) is 0.479. The maximum atomic E-state index is 12.8. The summed E-state index contributed by atoms with van der Waals surface area (Å²) in [6, 6.07) is 6.11. The van der Waals surface area contributed by atoms with Gasteiger partial charge in [-0.2, -0.15) is 0 Å². The first-order valence-electron chi connectivity index (χ1n) is 9.33. The monoisotopic (exact) mass is 397 g/mol. The van der Waals surface area contributed by atoms with Crippen LogP contribution in [0.2, 0.25) is 0 Å². The summed E-state index contributed by atoms with van der Waals surface area (Å²) in [5.74, 6) is 0.00422. The molecule has 1 aromatic carbocycles. The van der Waals surface area contributed by atoms with Gasteiger partial charge in [-0.25, -0.2) is 9.97 Å². The van der Waals surface area contributed by atoms with E-state index in [1.54, 1.807) is 17.7 Å². The molecule has 140 valence electrons. The van der Waals surface area contributed by atoms with E-state index in [1.165, 1.54) is 40.4 Å². The molecular formula is C21H23N3OS2. The number of nitrogens with zero attached hydrogens (tertiary/aromatic N) is 2. The molecule has 0 bridgehead atoms. The van der Waals surface area contributed by atoms with E-state index in [0.29, 0.717) is 0 Å². The van der Waals surface area contributed by atoms with Gasteiger partial charge in [0.2, 0.25) is 5.91 Å². The number of carbonyl (C=O) groups is 1. The number of fused-ring (bicyclic) bond motifs is 3. The average Bonchev–Trinajstić information content (AvgIpc) is 3.04. The Bertz CT molecular complexity index is 1010. The van der Waals surface area contributed by atoms with E-state index < -0.39 is 0 Å². The zero-order valence-electron chi connectivity index (χ0n) is 15.8. The molecule has 1 amide bonds. The lowest BCUT2D eigenvalue weighted by atomic mass is 9.97. The van der Waals surface area contributed by atoms with Crippen LogP contribution < -0.4 is 5.32 Å². The van der Waals surface area contributed by atoms with Crippen LogP contribution in [0.5, 0.6) is 0 Å². The molecule has 2 heterocycles. The third-order valence-corrected chi connectivity index (χ3v) is 7.33. The normalized spacial score (nSPS) is 14.8. The number of nitrogens with one attached hydrogen (secondary N) is 1. The predicted molar refractivity (Wildman–Crippen MR) is 114 cm³/mol. The van der Waals surface area contributed by atoms with Crippen LogP contribution in [0.1, 0.15) is 41.3 Å². The minimum Gasteiger partial charge on any atom is -0.325 e. The van der Waals surface area contributed by atoms with E-state index in [4.69, 9.17) is 0 Å². The second-order valence-electron chi connectivity index (χ2n) is 7.14. The lowest BCUT2D eigenvalue weighted by Gasteiger charge is -2.15. The number of benzene rings is 1. The van der Waals surface area contributed by atoms with Crippen LogP contribution in [-0.4, -0.2) is 21.1 Å². The minimum absolute atomic E-state index is 0.00422. The van der Waals surface area contributed by atoms with Crippen LogP contribution in [0.3, 0.4) is 0 Å². The van der Waals surface area contributed by atoms with Crippen molar-refractivity contribution in [1.82, 2.24) is 9.97 Å². The molecule has 0 spiro atoms. The molecule has 3 aromatic rings. The second-order valence-corrected chi connectivity index (χ2v) is 9.55. The molecule has 0 fully saturated rings. The summed E-state index contributed by atoms with van der Waals surface area (Å²) >= 11 is 3.32. The van der Waals surface area contributed by atoms with Crippen molar-refractivity contribution < 1.29 is 4.79 Å². The SMILES string of the molecule is Cc1ccc(C)c(NC(=O)[C@H](C)Sc2ncnc3sc4c(c23)CCCC4)c1. The Hall–Kier alpha value is -1.92. The Morgan fingerprint density at radius 3 is 2.89 bits per heavy atom. The maximum absolute atomic E-state index is 12.8. The Morgan fingerprint density at radius 1 is 1.22 bits per heavy atom. The van der Waals surface area contributed by atoms with Crippen LogP contribution in [0.15, 0.2) is 29.6 Å². The third-order valence-electron chi connectivity index (χ3n) is 5.03. The number of aryl methyl sites for hydroxylation is 4. The van der Waals surface area contributed by atoms with Crippen molar-refractivity contribution >= 4 is 44.9 Å². The molecule has 27 heavy (non-hydrogen) atoms. The van der Waals surface area contributed by atoms with E-state index in [0.717, 1.165) is 39.5 Å². The molecule has 1 aliphatic carbocycles. The summed E-state index contributed by atoms with van der Waals surface area (Å²) in [5.41, 5.74) is 4.50. The fraction of sp³-hybridized carbons (Fsp3) is 0.381. The highest BCUT2D eigenvalue weighted by molar-refractivity contribution is 8.00. The van der Waals surface area contributed by atoms with Crippen molar-refractivity contribution in [2.24, 2.45) is 0 Å². The molecule has 0 aliphatic heterocycles. The molecule has 1 atom stereocenters. The van der Waals surface area contributed by atoms with Crippen LogP contribution >= 0.6 is 23.1 Å². The smallest absolute Gasteiger partial charge is 0.237 e. The molecule has 2 aromatic heterocycles. The molecule has 6 heteroatoms. The molecule has 4 rings (SSSR count). The molecule has 4 nitrogen and oxygen atoms in total. The van der Waals surface area contributed by atoms with Gasteiger partial charge in [-0.1, -0.05) is 23.9 Å². The van der Waals surface area contributed by atoms with Crippen molar-refractivity contribution in [2.45, 2.75) is 56.7 Å². The van der Waals surface area contributed by atoms with Gasteiger partial charge in [-0.15, -0.1) is 11.3 Å². The first-order chi connectivity index (χ1) is 13.0. The number of thiophene rings is 1. The zero-order chi connectivity index (χ0) is 19.0. The fourth-order valence-electron chi connectivity index (χ4n) is 3.48. The van der Waals surface area contributed by atoms with Gasteiger partial charge in [0, 0.05) is 16.0 Å². The van der Waals surface area contributed by atoms with E-state index in [1.807, 2.05) is 32.9 Å². The lowest BCUT2D eigenvalue weighted by Crippen LogP contribution is -2.23. The Kier molecular flexibility index (Phi) is 5.19. The second kappa shape index (κ2) is 7.60. The average molecular weight is 398 g/mol. The van der Waals surface area contributed by atoms with Gasteiger partial charge in [0.25, 0.3) is 0 Å². The number of hydrogen-bond donors (Lipinski definition) is 1. The van der Waals surface area contributed by atoms with Crippen LogP contribution in [0.4, 0.5) is 5.69 Å². The summed E-state index contributed by atoms with van der Waals surface area (Å²) in [6.45, 7) is 5.99. The highest BCUT2D eigenvalue weighted by Crippen LogP contribution is 2.40. The molecule has 0 saturated carbocycles. The van der Waals surface area contributed by atoms with Gasteiger partial charge in [-0.3, -0.25) is 4.79 Å². The lowest BCUT2D eigenvalue weighted by molar-refractivity contribution is -0.115. The van der Waals surface area contributed by atoms with Crippen molar-refractivity contribution in [3.8, 4) is 0 Å². The highest BCUT2D eigenvalue weighted by Gasteiger charge is 2.23. The number of aromatic nitrogens is 2. The van der Waals surface area contributed by atoms with Gasteiger partial charge < -0.3 is 5.32 Å². The van der Waals surface area contributed by atoms with Gasteiger partial charge in [0.15, 0.2) is 0 Å². The van der Waals surface area contributed by atoms with Gasteiger partial charge >= 0.3 is 0 Å². The summed E-state index contributed by atoms with van der Waals surface area (Å²) in [7, 11) is 0. The number of amides is 1. The van der Waals surface area contributed by atoms with Crippen LogP contribution in [-0.2, 0) is 17.6 Å². The summed E-state index contributed by atoms with van der Waals surface area (Å²) < 4.78 is 0. The standard InChI is InChI=1S/C21H23N3OS2/c1-12-8-9-13(2)16(10-12)24-19(25)14(3)26-20-18-15-6-4-5-7-17(15)27-21(18)23-11-22-20/h8-11,14H,4-7H2,1-3H3,(H,24,25)/t14-/m0/s1. The van der Waals surface area contributed by atoms with E-state index in [-0.39, 0.29) is 11.2 Å². The topological polar surface area (TPSA) is 54.9 Å². The van der Waals surface area contributed by atoms with E-state index >= 15 is 0 Å². The Morgan fingerprint density at radius 2 is 2.04 bits per heavy atom. The molecule has 0 unspecified atom stereocenters. The van der Waals surface area contributed by atoms with Crippen LogP contribution in [0, 0.1) is 13.8 Å². The molecule has 1 aliphatic rings. The number of carbonyl (C=O) groups excluding carboxylic acids is 1. The predicted octanol–water partition coefficient (Wildman–Crippen LogP) is 5.31. The van der Waals surface area contributed by atoms with Gasteiger partial charge in [0.1, 0.15) is 16.2 Å². The summed E-state index contributed by atoms with van der Waals surface area (Å²) in [4.78, 5) is 24.3. The third kappa shape index (κ3) is 3.73. The van der Waals surface area contributed by atoms with Crippen molar-refractivity contribution in [3.63, 3.8) is 0 Å². The molecular weight excluding hydrogens is 374 g/mol. The van der Waals surface area contributed by atoms with E-state index in [9.17, 15) is 4.79 Å². The molecule has 1 N–H and O–H groups in total. The number of anilines is 1. The maximum Gasteiger partial charge on any atom is 0.237 e. The van der Waals surface area contributed by atoms with Crippen molar-refractivity contribution in [3.05, 3.63) is 46.1 Å². The highest BCUT2D eigenvalue weighted by atomic mass is 32.2. The first kappa shape index (κ1) is 18.4. The zero-order valence-corrected chi connectivity index (χ0v) is 17.5.